The number of hydrogen-bond donors (Lipinski definition) is 1. The Bertz CT molecular complexity index is 291. The van der Waals surface area contributed by atoms with Crippen LogP contribution in [0.3, 0.4) is 0 Å². The smallest absolute Gasteiger partial charge is 0.240 e. The maximum Gasteiger partial charge on any atom is 0.240 e. The monoisotopic (exact) mass is 226 g/mol. The van der Waals surface area contributed by atoms with E-state index in [1.807, 2.05) is 6.92 Å². The van der Waals surface area contributed by atoms with Gasteiger partial charge in [-0.25, -0.2) is 0 Å². The highest BCUT2D eigenvalue weighted by Crippen LogP contribution is 2.36. The highest BCUT2D eigenvalue weighted by molar-refractivity contribution is 5.88. The maximum absolute atomic E-state index is 11.9. The summed E-state index contributed by atoms with van der Waals surface area (Å²) >= 11 is 0. The summed E-state index contributed by atoms with van der Waals surface area (Å²) in [5, 5.41) is 0. The van der Waals surface area contributed by atoms with Crippen molar-refractivity contribution in [3.05, 3.63) is 0 Å². The number of carbonyl (C=O) groups is 2. The molecule has 2 atom stereocenters. The van der Waals surface area contributed by atoms with Crippen LogP contribution >= 0.6 is 0 Å². The van der Waals surface area contributed by atoms with Crippen molar-refractivity contribution in [2.45, 2.75) is 52.5 Å². The fraction of sp³-hybridized carbons (Fsp3) is 0.833. The van der Waals surface area contributed by atoms with Crippen LogP contribution in [-0.2, 0) is 9.59 Å². The fourth-order valence-corrected chi connectivity index (χ4v) is 2.65. The van der Waals surface area contributed by atoms with Crippen LogP contribution in [-0.4, -0.2) is 29.3 Å². The number of carbonyl (C=O) groups excluding carboxylic acids is 2. The summed E-state index contributed by atoms with van der Waals surface area (Å²) in [7, 11) is 0. The fourth-order valence-electron chi connectivity index (χ4n) is 2.65. The Kier molecular flexibility index (Phi) is 3.94. The summed E-state index contributed by atoms with van der Waals surface area (Å²) in [6.45, 7) is 6.78. The Hall–Kier alpha value is -1.06. The molecule has 0 aromatic carbocycles. The number of rotatable bonds is 5. The molecule has 0 aromatic rings. The van der Waals surface area contributed by atoms with Crippen LogP contribution in [0.15, 0.2) is 0 Å². The Morgan fingerprint density at radius 1 is 1.56 bits per heavy atom. The van der Waals surface area contributed by atoms with Crippen LogP contribution in [0.25, 0.3) is 0 Å². The Balaban J connectivity index is 2.77. The van der Waals surface area contributed by atoms with Crippen molar-refractivity contribution in [2.24, 2.45) is 11.1 Å². The van der Waals surface area contributed by atoms with E-state index in [0.717, 1.165) is 12.8 Å². The van der Waals surface area contributed by atoms with E-state index in [1.165, 1.54) is 0 Å². The molecule has 4 heteroatoms. The molecular weight excluding hydrogens is 204 g/mol. The normalized spacial score (nSPS) is 27.2. The van der Waals surface area contributed by atoms with E-state index in [2.05, 4.69) is 13.8 Å². The van der Waals surface area contributed by atoms with E-state index in [9.17, 15) is 9.59 Å². The minimum Gasteiger partial charge on any atom is -0.368 e. The van der Waals surface area contributed by atoms with Crippen LogP contribution < -0.4 is 5.73 Å². The molecule has 1 aliphatic rings. The molecule has 0 aliphatic carbocycles. The van der Waals surface area contributed by atoms with Crippen LogP contribution in [0.1, 0.15) is 46.5 Å². The molecule has 1 fully saturated rings. The van der Waals surface area contributed by atoms with Gasteiger partial charge in [0.15, 0.2) is 0 Å². The second-order valence-electron chi connectivity index (χ2n) is 5.09. The largest absolute Gasteiger partial charge is 0.368 e. The SMILES string of the molecule is CCCC1(C)CC(=O)N([C@H](CC)C(N)=O)C1. The predicted molar refractivity (Wildman–Crippen MR) is 62.6 cm³/mol. The first kappa shape index (κ1) is 13.0. The average Bonchev–Trinajstić information content (AvgIpc) is 2.43. The highest BCUT2D eigenvalue weighted by Gasteiger charge is 2.42. The Labute approximate surface area is 97.2 Å². The third-order valence-corrected chi connectivity index (χ3v) is 3.40. The summed E-state index contributed by atoms with van der Waals surface area (Å²) in [4.78, 5) is 24.8. The van der Waals surface area contributed by atoms with Gasteiger partial charge in [0, 0.05) is 13.0 Å². The molecule has 1 unspecified atom stereocenters. The van der Waals surface area contributed by atoms with Gasteiger partial charge in [-0.3, -0.25) is 9.59 Å². The molecule has 0 spiro atoms. The molecule has 1 aliphatic heterocycles. The molecule has 1 saturated heterocycles. The Morgan fingerprint density at radius 2 is 2.19 bits per heavy atom. The van der Waals surface area contributed by atoms with Gasteiger partial charge in [0.05, 0.1) is 0 Å². The lowest BCUT2D eigenvalue weighted by atomic mass is 9.85. The van der Waals surface area contributed by atoms with Gasteiger partial charge in [-0.15, -0.1) is 0 Å². The van der Waals surface area contributed by atoms with Gasteiger partial charge in [-0.05, 0) is 18.3 Å². The van der Waals surface area contributed by atoms with Crippen molar-refractivity contribution in [1.82, 2.24) is 4.90 Å². The van der Waals surface area contributed by atoms with E-state index >= 15 is 0 Å². The van der Waals surface area contributed by atoms with Crippen molar-refractivity contribution >= 4 is 11.8 Å². The number of nitrogens with zero attached hydrogens (tertiary/aromatic N) is 1. The maximum atomic E-state index is 11.9. The van der Waals surface area contributed by atoms with Gasteiger partial charge >= 0.3 is 0 Å². The first-order valence-electron chi connectivity index (χ1n) is 6.02. The first-order valence-corrected chi connectivity index (χ1v) is 6.02. The lowest BCUT2D eigenvalue weighted by Gasteiger charge is -2.27. The first-order chi connectivity index (χ1) is 7.43. The van der Waals surface area contributed by atoms with Crippen LogP contribution in [0.5, 0.6) is 0 Å². The van der Waals surface area contributed by atoms with E-state index in [0.29, 0.717) is 19.4 Å². The van der Waals surface area contributed by atoms with Gasteiger partial charge in [0.1, 0.15) is 6.04 Å². The molecule has 16 heavy (non-hydrogen) atoms. The van der Waals surface area contributed by atoms with Crippen molar-refractivity contribution in [3.63, 3.8) is 0 Å². The molecule has 92 valence electrons. The predicted octanol–water partition coefficient (Wildman–Crippen LogP) is 1.29. The average molecular weight is 226 g/mol. The van der Waals surface area contributed by atoms with E-state index in [4.69, 9.17) is 5.73 Å². The molecule has 2 N–H and O–H groups in total. The quantitative estimate of drug-likeness (QED) is 0.767. The zero-order valence-electron chi connectivity index (χ0n) is 10.5. The molecule has 2 amide bonds. The molecular formula is C12H22N2O2. The number of hydrogen-bond acceptors (Lipinski definition) is 2. The zero-order chi connectivity index (χ0) is 12.3. The van der Waals surface area contributed by atoms with E-state index in [-0.39, 0.29) is 11.3 Å². The summed E-state index contributed by atoms with van der Waals surface area (Å²) in [6.07, 6.45) is 3.23. The minimum atomic E-state index is -0.425. The zero-order valence-corrected chi connectivity index (χ0v) is 10.5. The van der Waals surface area contributed by atoms with Crippen LogP contribution in [0.2, 0.25) is 0 Å². The lowest BCUT2D eigenvalue weighted by Crippen LogP contribution is -2.45. The lowest BCUT2D eigenvalue weighted by molar-refractivity contribution is -0.136. The molecule has 0 radical (unpaired) electrons. The van der Waals surface area contributed by atoms with Crippen molar-refractivity contribution < 1.29 is 9.59 Å². The van der Waals surface area contributed by atoms with E-state index in [1.54, 1.807) is 4.90 Å². The minimum absolute atomic E-state index is 0.0225. The molecule has 0 aromatic heterocycles. The number of primary amides is 1. The second-order valence-corrected chi connectivity index (χ2v) is 5.09. The molecule has 1 rings (SSSR count). The second kappa shape index (κ2) is 4.85. The molecule has 0 bridgehead atoms. The van der Waals surface area contributed by atoms with Crippen molar-refractivity contribution in [3.8, 4) is 0 Å². The molecule has 4 nitrogen and oxygen atoms in total. The molecule has 0 saturated carbocycles. The number of amides is 2. The van der Waals surface area contributed by atoms with Crippen LogP contribution in [0, 0.1) is 5.41 Å². The summed E-state index contributed by atoms with van der Waals surface area (Å²) in [5.74, 6) is -0.321. The standard InChI is InChI=1S/C12H22N2O2/c1-4-6-12(3)7-10(15)14(8-12)9(5-2)11(13)16/h9H,4-8H2,1-3H3,(H2,13,16)/t9-,12?/m1/s1. The number of likely N-dealkylation sites (tertiary alicyclic amines) is 1. The summed E-state index contributed by atoms with van der Waals surface area (Å²) < 4.78 is 0. The van der Waals surface area contributed by atoms with E-state index < -0.39 is 11.9 Å². The third kappa shape index (κ3) is 2.54. The van der Waals surface area contributed by atoms with Crippen LogP contribution in [0.4, 0.5) is 0 Å². The summed E-state index contributed by atoms with van der Waals surface area (Å²) in [6, 6.07) is -0.425. The number of nitrogens with two attached hydrogens (primary N) is 1. The third-order valence-electron chi connectivity index (χ3n) is 3.40. The highest BCUT2D eigenvalue weighted by atomic mass is 16.2. The van der Waals surface area contributed by atoms with Gasteiger partial charge < -0.3 is 10.6 Å². The summed E-state index contributed by atoms with van der Waals surface area (Å²) in [5.41, 5.74) is 5.34. The Morgan fingerprint density at radius 3 is 2.62 bits per heavy atom. The molecule has 1 heterocycles. The van der Waals surface area contributed by atoms with Gasteiger partial charge in [-0.2, -0.15) is 0 Å². The van der Waals surface area contributed by atoms with Crippen molar-refractivity contribution in [1.29, 1.82) is 0 Å². The van der Waals surface area contributed by atoms with Gasteiger partial charge in [-0.1, -0.05) is 27.2 Å². The van der Waals surface area contributed by atoms with Gasteiger partial charge in [0.25, 0.3) is 0 Å². The van der Waals surface area contributed by atoms with Gasteiger partial charge in [0.2, 0.25) is 11.8 Å². The topological polar surface area (TPSA) is 63.4 Å². The van der Waals surface area contributed by atoms with Crippen molar-refractivity contribution in [2.75, 3.05) is 6.54 Å².